The first-order chi connectivity index (χ1) is 8.60. The predicted molar refractivity (Wildman–Crippen MR) is 68.4 cm³/mol. The molecule has 0 radical (unpaired) electrons. The predicted octanol–water partition coefficient (Wildman–Crippen LogP) is 3.05. The molecule has 0 atom stereocenters. The molecule has 0 saturated carbocycles. The number of nitrogens with zero attached hydrogens (tertiary/aromatic N) is 2. The third kappa shape index (κ3) is 2.83. The lowest BCUT2D eigenvalue weighted by atomic mass is 10.2. The Hall–Kier alpha value is -1.53. The van der Waals surface area contributed by atoms with Gasteiger partial charge in [0.05, 0.1) is 0 Å². The lowest BCUT2D eigenvalue weighted by molar-refractivity contribution is 0.469. The maximum absolute atomic E-state index is 13.5. The Kier molecular flexibility index (Phi) is 3.88. The summed E-state index contributed by atoms with van der Waals surface area (Å²) in [7, 11) is 0. The van der Waals surface area contributed by atoms with Crippen LogP contribution in [0.3, 0.4) is 0 Å². The van der Waals surface area contributed by atoms with Crippen molar-refractivity contribution < 1.29 is 9.13 Å². The SMILES string of the molecule is CC(C)c1nsc(Oc2ccc(CN)c(F)c2)n1. The van der Waals surface area contributed by atoms with Crippen LogP contribution in [0.1, 0.15) is 31.2 Å². The number of rotatable bonds is 4. The van der Waals surface area contributed by atoms with E-state index in [1.807, 2.05) is 13.8 Å². The third-order valence-corrected chi connectivity index (χ3v) is 3.00. The van der Waals surface area contributed by atoms with Crippen LogP contribution in [0.5, 0.6) is 10.9 Å². The summed E-state index contributed by atoms with van der Waals surface area (Å²) in [6.07, 6.45) is 0. The Balaban J connectivity index is 2.15. The zero-order chi connectivity index (χ0) is 13.1. The topological polar surface area (TPSA) is 61.0 Å². The van der Waals surface area contributed by atoms with E-state index in [0.29, 0.717) is 16.5 Å². The number of hydrogen-bond donors (Lipinski definition) is 1. The molecule has 1 aromatic carbocycles. The molecule has 1 heterocycles. The van der Waals surface area contributed by atoms with Gasteiger partial charge in [-0.25, -0.2) is 4.39 Å². The fourth-order valence-electron chi connectivity index (χ4n) is 1.35. The van der Waals surface area contributed by atoms with Crippen molar-refractivity contribution in [1.29, 1.82) is 0 Å². The number of benzene rings is 1. The minimum Gasteiger partial charge on any atom is -0.430 e. The molecule has 0 aliphatic heterocycles. The average molecular weight is 267 g/mol. The van der Waals surface area contributed by atoms with E-state index in [9.17, 15) is 4.39 Å². The summed E-state index contributed by atoms with van der Waals surface area (Å²) < 4.78 is 23.1. The van der Waals surface area contributed by atoms with E-state index in [1.165, 1.54) is 6.07 Å². The van der Waals surface area contributed by atoms with Crippen molar-refractivity contribution in [3.8, 4) is 10.9 Å². The van der Waals surface area contributed by atoms with Crippen LogP contribution in [0.4, 0.5) is 4.39 Å². The number of ether oxygens (including phenoxy) is 1. The monoisotopic (exact) mass is 267 g/mol. The van der Waals surface area contributed by atoms with Gasteiger partial charge in [0.15, 0.2) is 0 Å². The third-order valence-electron chi connectivity index (χ3n) is 2.39. The first-order valence-electron chi connectivity index (χ1n) is 5.60. The standard InChI is InChI=1S/C12H14FN3OS/c1-7(2)11-15-12(18-16-11)17-9-4-3-8(6-14)10(13)5-9/h3-5,7H,6,14H2,1-2H3. The molecule has 1 aromatic heterocycles. The summed E-state index contributed by atoms with van der Waals surface area (Å²) in [4.78, 5) is 4.22. The number of aromatic nitrogens is 2. The minimum absolute atomic E-state index is 0.169. The maximum Gasteiger partial charge on any atom is 0.298 e. The molecule has 2 N–H and O–H groups in total. The zero-order valence-electron chi connectivity index (χ0n) is 10.2. The van der Waals surface area contributed by atoms with E-state index in [2.05, 4.69) is 9.36 Å². The molecule has 6 heteroatoms. The highest BCUT2D eigenvalue weighted by Crippen LogP contribution is 2.26. The van der Waals surface area contributed by atoms with Crippen LogP contribution >= 0.6 is 11.5 Å². The van der Waals surface area contributed by atoms with Crippen LogP contribution in [0, 0.1) is 5.82 Å². The molecule has 2 aromatic rings. The van der Waals surface area contributed by atoms with E-state index in [1.54, 1.807) is 12.1 Å². The summed E-state index contributed by atoms with van der Waals surface area (Å²) in [5.74, 6) is 1.00. The largest absolute Gasteiger partial charge is 0.430 e. The smallest absolute Gasteiger partial charge is 0.298 e. The number of hydrogen-bond acceptors (Lipinski definition) is 5. The van der Waals surface area contributed by atoms with E-state index >= 15 is 0 Å². The van der Waals surface area contributed by atoms with Gasteiger partial charge in [-0.3, -0.25) is 0 Å². The Bertz CT molecular complexity index is 542. The zero-order valence-corrected chi connectivity index (χ0v) is 11.0. The molecule has 2 rings (SSSR count). The average Bonchev–Trinajstić information content (AvgIpc) is 2.78. The molecule has 18 heavy (non-hydrogen) atoms. The van der Waals surface area contributed by atoms with Crippen molar-refractivity contribution in [2.45, 2.75) is 26.3 Å². The van der Waals surface area contributed by atoms with Crippen molar-refractivity contribution in [1.82, 2.24) is 9.36 Å². The van der Waals surface area contributed by atoms with E-state index in [-0.39, 0.29) is 18.3 Å². The van der Waals surface area contributed by atoms with Gasteiger partial charge in [-0.05, 0) is 6.07 Å². The van der Waals surface area contributed by atoms with Gasteiger partial charge in [0.2, 0.25) is 0 Å². The van der Waals surface area contributed by atoms with E-state index < -0.39 is 0 Å². The highest BCUT2D eigenvalue weighted by atomic mass is 32.1. The molecule has 0 amide bonds. The molecule has 96 valence electrons. The second-order valence-corrected chi connectivity index (χ2v) is 4.85. The maximum atomic E-state index is 13.5. The molecule has 4 nitrogen and oxygen atoms in total. The molecule has 0 spiro atoms. The van der Waals surface area contributed by atoms with Gasteiger partial charge < -0.3 is 10.5 Å². The minimum atomic E-state index is -0.372. The van der Waals surface area contributed by atoms with Gasteiger partial charge in [-0.15, -0.1) is 0 Å². The molecule has 0 bridgehead atoms. The van der Waals surface area contributed by atoms with E-state index in [0.717, 1.165) is 17.4 Å². The van der Waals surface area contributed by atoms with Crippen molar-refractivity contribution in [3.63, 3.8) is 0 Å². The lowest BCUT2D eigenvalue weighted by Gasteiger charge is -2.04. The van der Waals surface area contributed by atoms with Gasteiger partial charge in [-0.2, -0.15) is 9.36 Å². The van der Waals surface area contributed by atoms with Gasteiger partial charge >= 0.3 is 0 Å². The van der Waals surface area contributed by atoms with Gasteiger partial charge in [0.25, 0.3) is 5.19 Å². The fraction of sp³-hybridized carbons (Fsp3) is 0.333. The van der Waals surface area contributed by atoms with Gasteiger partial charge in [0, 0.05) is 35.6 Å². The van der Waals surface area contributed by atoms with Crippen molar-refractivity contribution in [3.05, 3.63) is 35.4 Å². The molecule has 0 saturated heterocycles. The Morgan fingerprint density at radius 2 is 2.22 bits per heavy atom. The summed E-state index contributed by atoms with van der Waals surface area (Å²) in [5, 5.41) is 0.415. The van der Waals surface area contributed by atoms with Gasteiger partial charge in [0.1, 0.15) is 17.4 Å². The second kappa shape index (κ2) is 5.41. The summed E-state index contributed by atoms with van der Waals surface area (Å²) in [6, 6.07) is 4.58. The summed E-state index contributed by atoms with van der Waals surface area (Å²) >= 11 is 1.16. The van der Waals surface area contributed by atoms with Crippen molar-refractivity contribution in [2.75, 3.05) is 0 Å². The van der Waals surface area contributed by atoms with Crippen molar-refractivity contribution >= 4 is 11.5 Å². The summed E-state index contributed by atoms with van der Waals surface area (Å²) in [5.41, 5.74) is 5.85. The van der Waals surface area contributed by atoms with Crippen molar-refractivity contribution in [2.24, 2.45) is 5.73 Å². The number of halogens is 1. The summed E-state index contributed by atoms with van der Waals surface area (Å²) in [6.45, 7) is 4.17. The highest BCUT2D eigenvalue weighted by Gasteiger charge is 2.10. The normalized spacial score (nSPS) is 10.9. The van der Waals surface area contributed by atoms with Crippen LogP contribution in [-0.4, -0.2) is 9.36 Å². The van der Waals surface area contributed by atoms with Crippen LogP contribution in [-0.2, 0) is 6.54 Å². The van der Waals surface area contributed by atoms with Crippen LogP contribution in [0.15, 0.2) is 18.2 Å². The van der Waals surface area contributed by atoms with Crippen LogP contribution < -0.4 is 10.5 Å². The Morgan fingerprint density at radius 3 is 2.78 bits per heavy atom. The first-order valence-corrected chi connectivity index (χ1v) is 6.37. The van der Waals surface area contributed by atoms with E-state index in [4.69, 9.17) is 10.5 Å². The quantitative estimate of drug-likeness (QED) is 0.924. The highest BCUT2D eigenvalue weighted by molar-refractivity contribution is 7.07. The van der Waals surface area contributed by atoms with Crippen LogP contribution in [0.2, 0.25) is 0 Å². The Labute approximate surface area is 109 Å². The molecular formula is C12H14FN3OS. The Morgan fingerprint density at radius 1 is 1.44 bits per heavy atom. The first kappa shape index (κ1) is 12.9. The molecule has 0 unspecified atom stereocenters. The molecular weight excluding hydrogens is 253 g/mol. The second-order valence-electron chi connectivity index (χ2n) is 4.13. The van der Waals surface area contributed by atoms with Gasteiger partial charge in [-0.1, -0.05) is 19.9 Å². The van der Waals surface area contributed by atoms with Crippen LogP contribution in [0.25, 0.3) is 0 Å². The molecule has 0 aliphatic rings. The fourth-order valence-corrected chi connectivity index (χ4v) is 2.05. The number of nitrogens with two attached hydrogens (primary N) is 1. The lowest BCUT2D eigenvalue weighted by Crippen LogP contribution is -1.99. The molecule has 0 fully saturated rings. The molecule has 0 aliphatic carbocycles.